The third-order valence-electron chi connectivity index (χ3n) is 2.91. The van der Waals surface area contributed by atoms with E-state index in [1.165, 1.54) is 32.1 Å². The molecule has 1 nitrogen and oxygen atoms in total. The van der Waals surface area contributed by atoms with Gasteiger partial charge >= 0.3 is 0 Å². The molecule has 2 rings (SSSR count). The van der Waals surface area contributed by atoms with Gasteiger partial charge in [0, 0.05) is 11.1 Å². The Morgan fingerprint density at radius 2 is 1.70 bits per heavy atom. The van der Waals surface area contributed by atoms with Crippen LogP contribution >= 0.6 is 0 Å². The van der Waals surface area contributed by atoms with Gasteiger partial charge in [-0.3, -0.25) is 0 Å². The van der Waals surface area contributed by atoms with Crippen molar-refractivity contribution in [3.05, 3.63) is 0 Å². The molecule has 0 aromatic heterocycles. The first-order valence-corrected chi connectivity index (χ1v) is 4.41. The van der Waals surface area contributed by atoms with Crippen LogP contribution in [0.15, 0.2) is 0 Å². The van der Waals surface area contributed by atoms with Gasteiger partial charge in [-0.15, -0.1) is 0 Å². The summed E-state index contributed by atoms with van der Waals surface area (Å²) in [5.74, 6) is 0. The Kier molecular flexibility index (Phi) is 1.17. The smallest absolute Gasteiger partial charge is 0.0187 e. The van der Waals surface area contributed by atoms with E-state index in [9.17, 15) is 0 Å². The van der Waals surface area contributed by atoms with Crippen LogP contribution in [0, 0.1) is 0 Å². The van der Waals surface area contributed by atoms with Crippen LogP contribution in [0.4, 0.5) is 0 Å². The van der Waals surface area contributed by atoms with E-state index >= 15 is 0 Å². The van der Waals surface area contributed by atoms with E-state index in [-0.39, 0.29) is 0 Å². The molecule has 1 N–H and O–H groups in total. The number of rotatable bonds is 0. The maximum absolute atomic E-state index is 3.74. The molecule has 1 heteroatoms. The third-order valence-corrected chi connectivity index (χ3v) is 2.91. The van der Waals surface area contributed by atoms with Crippen LogP contribution in [0.25, 0.3) is 0 Å². The first kappa shape index (κ1) is 6.66. The maximum atomic E-state index is 3.74. The number of hydrogen-bond acceptors (Lipinski definition) is 1. The number of nitrogens with one attached hydrogen (secondary N) is 1. The Labute approximate surface area is 63.2 Å². The lowest BCUT2D eigenvalue weighted by Gasteiger charge is -2.37. The fourth-order valence-electron chi connectivity index (χ4n) is 2.24. The van der Waals surface area contributed by atoms with Crippen LogP contribution in [0.1, 0.15) is 46.0 Å². The summed E-state index contributed by atoms with van der Waals surface area (Å²) in [6, 6.07) is 0. The van der Waals surface area contributed by atoms with Crippen molar-refractivity contribution in [2.75, 3.05) is 0 Å². The van der Waals surface area contributed by atoms with E-state index in [4.69, 9.17) is 0 Å². The van der Waals surface area contributed by atoms with Crippen molar-refractivity contribution < 1.29 is 0 Å². The Morgan fingerprint density at radius 1 is 1.00 bits per heavy atom. The Hall–Kier alpha value is -0.0400. The minimum atomic E-state index is 0.425. The lowest BCUT2D eigenvalue weighted by Crippen LogP contribution is -2.50. The summed E-state index contributed by atoms with van der Waals surface area (Å²) in [4.78, 5) is 0. The number of hydrogen-bond donors (Lipinski definition) is 1. The van der Waals surface area contributed by atoms with E-state index < -0.39 is 0 Å². The van der Waals surface area contributed by atoms with Gasteiger partial charge in [-0.2, -0.15) is 0 Å². The molecule has 2 fully saturated rings. The number of piperidine rings is 1. The Morgan fingerprint density at radius 3 is 2.10 bits per heavy atom. The van der Waals surface area contributed by atoms with Gasteiger partial charge in [-0.05, 0) is 46.0 Å². The van der Waals surface area contributed by atoms with E-state index in [0.29, 0.717) is 11.1 Å². The molecule has 0 aromatic carbocycles. The van der Waals surface area contributed by atoms with Gasteiger partial charge in [0.05, 0.1) is 0 Å². The quantitative estimate of drug-likeness (QED) is 0.541. The molecule has 58 valence electrons. The molecule has 2 aliphatic rings. The van der Waals surface area contributed by atoms with Crippen molar-refractivity contribution >= 4 is 0 Å². The molecule has 10 heavy (non-hydrogen) atoms. The molecule has 1 saturated heterocycles. The second-order valence-electron chi connectivity index (χ2n) is 4.64. The van der Waals surface area contributed by atoms with Crippen molar-refractivity contribution in [2.24, 2.45) is 0 Å². The van der Waals surface area contributed by atoms with Crippen LogP contribution in [0.5, 0.6) is 0 Å². The molecular weight excluding hydrogens is 122 g/mol. The summed E-state index contributed by atoms with van der Waals surface area (Å²) in [6.07, 6.45) is 7.07. The second-order valence-corrected chi connectivity index (χ2v) is 4.64. The highest BCUT2D eigenvalue weighted by Crippen LogP contribution is 2.45. The van der Waals surface area contributed by atoms with Crippen LogP contribution in [-0.4, -0.2) is 11.1 Å². The van der Waals surface area contributed by atoms with E-state index in [1.807, 2.05) is 0 Å². The van der Waals surface area contributed by atoms with Crippen molar-refractivity contribution in [2.45, 2.75) is 57.0 Å². The van der Waals surface area contributed by atoms with Crippen molar-refractivity contribution in [3.8, 4) is 0 Å². The van der Waals surface area contributed by atoms with Crippen LogP contribution in [0.3, 0.4) is 0 Å². The van der Waals surface area contributed by atoms with E-state index in [0.717, 1.165) is 0 Å². The van der Waals surface area contributed by atoms with Crippen molar-refractivity contribution in [1.82, 2.24) is 5.32 Å². The maximum Gasteiger partial charge on any atom is 0.0187 e. The zero-order valence-electron chi connectivity index (χ0n) is 7.04. The standard InChI is InChI=1S/C9H17N/c1-8(2)4-3-5-9(10-8)6-7-9/h10H,3-7H2,1-2H3. The fraction of sp³-hybridized carbons (Fsp3) is 1.00. The minimum absolute atomic E-state index is 0.425. The molecule has 1 saturated carbocycles. The molecule has 1 heterocycles. The summed E-state index contributed by atoms with van der Waals surface area (Å²) >= 11 is 0. The highest BCUT2D eigenvalue weighted by molar-refractivity contribution is 5.08. The highest BCUT2D eigenvalue weighted by atomic mass is 15.1. The summed E-state index contributed by atoms with van der Waals surface area (Å²) in [6.45, 7) is 4.65. The zero-order chi connectivity index (χ0) is 7.24. The predicted molar refractivity (Wildman–Crippen MR) is 43.0 cm³/mol. The molecule has 1 spiro atoms. The Bertz CT molecular complexity index is 141. The molecule has 0 aromatic rings. The first-order valence-electron chi connectivity index (χ1n) is 4.41. The average molecular weight is 139 g/mol. The van der Waals surface area contributed by atoms with Crippen LogP contribution < -0.4 is 5.32 Å². The summed E-state index contributed by atoms with van der Waals surface area (Å²) in [5, 5.41) is 3.74. The largest absolute Gasteiger partial charge is 0.306 e. The van der Waals surface area contributed by atoms with Gasteiger partial charge in [0.25, 0.3) is 0 Å². The van der Waals surface area contributed by atoms with Crippen LogP contribution in [0.2, 0.25) is 0 Å². The Balaban J connectivity index is 2.04. The molecular formula is C9H17N. The first-order chi connectivity index (χ1) is 4.62. The van der Waals surface area contributed by atoms with Gasteiger partial charge in [0.1, 0.15) is 0 Å². The molecule has 1 aliphatic heterocycles. The minimum Gasteiger partial charge on any atom is -0.306 e. The van der Waals surface area contributed by atoms with Crippen molar-refractivity contribution in [1.29, 1.82) is 0 Å². The van der Waals surface area contributed by atoms with Gasteiger partial charge < -0.3 is 5.32 Å². The SMILES string of the molecule is CC1(C)CCCC2(CC2)N1. The molecule has 0 unspecified atom stereocenters. The summed E-state index contributed by atoms with van der Waals surface area (Å²) in [5.41, 5.74) is 1.04. The average Bonchev–Trinajstić information content (AvgIpc) is 2.45. The normalized spacial score (nSPS) is 34.2. The summed E-state index contributed by atoms with van der Waals surface area (Å²) < 4.78 is 0. The lowest BCUT2D eigenvalue weighted by atomic mass is 9.88. The molecule has 0 radical (unpaired) electrons. The van der Waals surface area contributed by atoms with Crippen molar-refractivity contribution in [3.63, 3.8) is 0 Å². The van der Waals surface area contributed by atoms with Gasteiger partial charge in [-0.1, -0.05) is 0 Å². The molecule has 0 bridgehead atoms. The third kappa shape index (κ3) is 1.07. The highest BCUT2D eigenvalue weighted by Gasteiger charge is 2.47. The second kappa shape index (κ2) is 1.76. The lowest BCUT2D eigenvalue weighted by molar-refractivity contribution is 0.230. The van der Waals surface area contributed by atoms with Crippen LogP contribution in [-0.2, 0) is 0 Å². The molecule has 0 atom stereocenters. The zero-order valence-corrected chi connectivity index (χ0v) is 7.04. The van der Waals surface area contributed by atoms with Gasteiger partial charge in [-0.25, -0.2) is 0 Å². The predicted octanol–water partition coefficient (Wildman–Crippen LogP) is 2.07. The monoisotopic (exact) mass is 139 g/mol. The summed E-state index contributed by atoms with van der Waals surface area (Å²) in [7, 11) is 0. The fourth-order valence-corrected chi connectivity index (χ4v) is 2.24. The van der Waals surface area contributed by atoms with Gasteiger partial charge in [0.2, 0.25) is 0 Å². The van der Waals surface area contributed by atoms with E-state index in [1.54, 1.807) is 0 Å². The topological polar surface area (TPSA) is 12.0 Å². The van der Waals surface area contributed by atoms with Gasteiger partial charge in [0.15, 0.2) is 0 Å². The molecule has 0 amide bonds. The molecule has 1 aliphatic carbocycles. The van der Waals surface area contributed by atoms with E-state index in [2.05, 4.69) is 19.2 Å².